The molecule has 44 heavy (non-hydrogen) atoms. The second-order valence-electron chi connectivity index (χ2n) is 12.3. The van der Waals surface area contributed by atoms with Gasteiger partial charge in [0.25, 0.3) is 0 Å². The number of carbonyl (C=O) groups excluding carboxylic acids is 1. The minimum atomic E-state index is -1.47. The smallest absolute Gasteiger partial charge is 0.303 e. The molecule has 0 radical (unpaired) electrons. The monoisotopic (exact) mass is 626 g/mol. The number of amides is 1. The molecule has 0 aliphatic carbocycles. The molecule has 0 spiro atoms. The number of hydrogen-bond donors (Lipinski definition) is 9. The minimum absolute atomic E-state index is 0.0225. The number of carboxylic acid groups (broad SMARTS) is 1. The first kappa shape index (κ1) is 33.5. The molecule has 1 amide bonds. The molecule has 240 valence electrons. The van der Waals surface area contributed by atoms with E-state index in [1.54, 1.807) is 6.08 Å². The third-order valence-corrected chi connectivity index (χ3v) is 9.75. The average molecular weight is 627 g/mol. The zero-order valence-electron chi connectivity index (χ0n) is 26.1. The van der Waals surface area contributed by atoms with Crippen LogP contribution in [-0.4, -0.2) is 60.9 Å². The normalized spacial score (nSPS) is 27.8. The van der Waals surface area contributed by atoms with Crippen molar-refractivity contribution < 1.29 is 30.0 Å². The van der Waals surface area contributed by atoms with Gasteiger partial charge in [-0.3, -0.25) is 9.59 Å². The van der Waals surface area contributed by atoms with Gasteiger partial charge in [-0.05, 0) is 67.5 Å². The van der Waals surface area contributed by atoms with Crippen LogP contribution in [0.15, 0.2) is 46.7 Å². The van der Waals surface area contributed by atoms with Crippen molar-refractivity contribution >= 4 is 36.7 Å². The lowest BCUT2D eigenvalue weighted by Gasteiger charge is -2.23. The Kier molecular flexibility index (Phi) is 10.4. The Morgan fingerprint density at radius 2 is 1.80 bits per heavy atom. The van der Waals surface area contributed by atoms with Gasteiger partial charge in [-0.1, -0.05) is 33.4 Å². The molecular weight excluding hydrogens is 580 g/mol. The van der Waals surface area contributed by atoms with Gasteiger partial charge in [0.2, 0.25) is 5.91 Å². The Labute approximate surface area is 264 Å². The number of H-pyrrole nitrogens is 1. The first-order valence-electron chi connectivity index (χ1n) is 15.2. The lowest BCUT2D eigenvalue weighted by atomic mass is 9.90. The van der Waals surface area contributed by atoms with Crippen LogP contribution in [0.3, 0.4) is 0 Å². The van der Waals surface area contributed by atoms with Gasteiger partial charge in [0.05, 0.1) is 0 Å². The lowest BCUT2D eigenvalue weighted by Crippen LogP contribution is -2.36. The highest BCUT2D eigenvalue weighted by Crippen LogP contribution is 2.37. The van der Waals surface area contributed by atoms with E-state index in [2.05, 4.69) is 40.1 Å². The fourth-order valence-corrected chi connectivity index (χ4v) is 7.19. The summed E-state index contributed by atoms with van der Waals surface area (Å²) < 4.78 is 0. The molecule has 2 unspecified atom stereocenters. The van der Waals surface area contributed by atoms with Crippen molar-refractivity contribution in [3.05, 3.63) is 69.2 Å². The van der Waals surface area contributed by atoms with Crippen molar-refractivity contribution in [2.24, 2.45) is 17.8 Å². The van der Waals surface area contributed by atoms with Crippen LogP contribution in [0, 0.1) is 24.7 Å². The zero-order valence-corrected chi connectivity index (χ0v) is 27.0. The molecule has 0 bridgehead atoms. The van der Waals surface area contributed by atoms with E-state index in [4.69, 9.17) is 0 Å². The number of aromatic nitrogens is 1. The Hall–Kier alpha value is -3.41. The number of aromatic amines is 1. The van der Waals surface area contributed by atoms with Crippen molar-refractivity contribution in [3.63, 3.8) is 0 Å². The van der Waals surface area contributed by atoms with Gasteiger partial charge >= 0.3 is 5.97 Å². The van der Waals surface area contributed by atoms with Crippen LogP contribution >= 0.6 is 12.6 Å². The number of aliphatic hydroxyl groups excluding tert-OH is 2. The molecule has 0 saturated carbocycles. The van der Waals surface area contributed by atoms with Crippen molar-refractivity contribution in [3.8, 4) is 0 Å². The van der Waals surface area contributed by atoms with Crippen LogP contribution in [0.1, 0.15) is 75.9 Å². The number of carboxylic acids is 1. The summed E-state index contributed by atoms with van der Waals surface area (Å²) in [7, 11) is 0. The summed E-state index contributed by atoms with van der Waals surface area (Å²) in [6.45, 7) is 13.7. The molecule has 1 aromatic rings. The molecule has 3 aliphatic rings. The van der Waals surface area contributed by atoms with Crippen LogP contribution in [0.25, 0.3) is 12.2 Å². The summed E-state index contributed by atoms with van der Waals surface area (Å²) in [5.74, 6) is -1.02. The van der Waals surface area contributed by atoms with Gasteiger partial charge in [-0.2, -0.15) is 12.6 Å². The summed E-state index contributed by atoms with van der Waals surface area (Å²) in [5.41, 5.74) is 7.73. The van der Waals surface area contributed by atoms with Crippen LogP contribution in [0.2, 0.25) is 0 Å². The van der Waals surface area contributed by atoms with Gasteiger partial charge in [0.1, 0.15) is 0 Å². The maximum Gasteiger partial charge on any atom is 0.303 e. The first-order chi connectivity index (χ1) is 20.7. The standard InChI is InChI=1S/C33H46N4O6S/c1-7-20-15(2)25(36-33(20)43)12-23-16(3)21(8-10-29(38)39)26(34-23)14-27-22(9-11-30(40)41)17(4)24(35-27)13-28-31(19(6)44)18(5)32(42)37-28/h7,13-15,18-19,23,25,30-31,34-36,40-41,43-44H,1,8-12H2,2-6H3,(H,37,42)(H,38,39)/b26-14-,28-13-/t15?,18-,19-,23?,25-,31+/m1/s1. The van der Waals surface area contributed by atoms with Crippen molar-refractivity contribution in [2.75, 3.05) is 0 Å². The minimum Gasteiger partial charge on any atom is -0.495 e. The van der Waals surface area contributed by atoms with Crippen molar-refractivity contribution in [2.45, 2.75) is 90.3 Å². The molecule has 4 rings (SSSR count). The molecule has 3 aliphatic heterocycles. The molecule has 1 aromatic heterocycles. The molecule has 10 nitrogen and oxygen atoms in total. The van der Waals surface area contributed by atoms with E-state index in [1.165, 1.54) is 0 Å². The number of carbonyl (C=O) groups is 2. The number of nitrogens with one attached hydrogen (secondary N) is 4. The maximum atomic E-state index is 12.5. The molecule has 11 heteroatoms. The Balaban J connectivity index is 1.72. The number of aliphatic carboxylic acids is 1. The van der Waals surface area contributed by atoms with Crippen molar-refractivity contribution in [1.29, 1.82) is 0 Å². The topological polar surface area (TPSA) is 167 Å². The Morgan fingerprint density at radius 3 is 2.39 bits per heavy atom. The number of allylic oxidation sites excluding steroid dienone is 3. The lowest BCUT2D eigenvalue weighted by molar-refractivity contribution is -0.137. The molecule has 1 saturated heterocycles. The van der Waals surface area contributed by atoms with Gasteiger partial charge < -0.3 is 41.4 Å². The summed E-state index contributed by atoms with van der Waals surface area (Å²) >= 11 is 4.64. The largest absolute Gasteiger partial charge is 0.495 e. The van der Waals surface area contributed by atoms with E-state index in [0.717, 1.165) is 50.6 Å². The molecular formula is C33H46N4O6S. The van der Waals surface area contributed by atoms with Crippen molar-refractivity contribution in [1.82, 2.24) is 20.9 Å². The Bertz CT molecular complexity index is 1440. The Morgan fingerprint density at radius 1 is 1.09 bits per heavy atom. The van der Waals surface area contributed by atoms with Crippen LogP contribution < -0.4 is 16.0 Å². The molecule has 4 heterocycles. The molecule has 1 fully saturated rings. The first-order valence-corrected chi connectivity index (χ1v) is 15.7. The number of thiol groups is 1. The zero-order chi connectivity index (χ0) is 32.5. The predicted octanol–water partition coefficient (Wildman–Crippen LogP) is 4.06. The van der Waals surface area contributed by atoms with Gasteiger partial charge in [0, 0.05) is 76.3 Å². The number of rotatable bonds is 12. The summed E-state index contributed by atoms with van der Waals surface area (Å²) in [6, 6.07) is -0.121. The van der Waals surface area contributed by atoms with Crippen LogP contribution in [0.5, 0.6) is 0 Å². The second kappa shape index (κ2) is 13.7. The van der Waals surface area contributed by atoms with Gasteiger partial charge in [-0.25, -0.2) is 0 Å². The number of hydrogen-bond acceptors (Lipinski definition) is 8. The third kappa shape index (κ3) is 6.95. The average Bonchev–Trinajstić information content (AvgIpc) is 3.59. The van der Waals surface area contributed by atoms with E-state index in [-0.39, 0.29) is 59.7 Å². The highest BCUT2D eigenvalue weighted by atomic mass is 32.1. The van der Waals surface area contributed by atoms with Gasteiger partial charge in [0.15, 0.2) is 12.2 Å². The summed E-state index contributed by atoms with van der Waals surface area (Å²) in [4.78, 5) is 27.6. The highest BCUT2D eigenvalue weighted by Gasteiger charge is 2.38. The predicted molar refractivity (Wildman–Crippen MR) is 174 cm³/mol. The van der Waals surface area contributed by atoms with Gasteiger partial charge in [-0.15, -0.1) is 0 Å². The quantitative estimate of drug-likeness (QED) is 0.124. The van der Waals surface area contributed by atoms with E-state index in [0.29, 0.717) is 19.3 Å². The summed E-state index contributed by atoms with van der Waals surface area (Å²) in [6.07, 6.45) is 5.63. The van der Waals surface area contributed by atoms with E-state index < -0.39 is 12.3 Å². The van der Waals surface area contributed by atoms with Crippen LogP contribution in [-0.2, 0) is 16.0 Å². The number of aliphatic hydroxyl groups is 3. The third-order valence-electron chi connectivity index (χ3n) is 9.43. The van der Waals surface area contributed by atoms with E-state index in [1.807, 2.05) is 46.8 Å². The summed E-state index contributed by atoms with van der Waals surface area (Å²) in [5, 5.41) is 48.9. The molecule has 6 atom stereocenters. The van der Waals surface area contributed by atoms with E-state index >= 15 is 0 Å². The maximum absolute atomic E-state index is 12.5. The molecule has 8 N–H and O–H groups in total. The SMILES string of the molecule is C=CC1=C(O)N[C@H](CC2N/C(=C\c3[nH]c(/C=C4\NC(=O)[C@H](C)[C@H]4[C@@H](C)S)c(C)c3CCC(O)O)C(CCC(=O)O)=C2C)C1C. The fourth-order valence-electron chi connectivity index (χ4n) is 6.77. The fraction of sp³-hybridized carbons (Fsp3) is 0.515. The highest BCUT2D eigenvalue weighted by molar-refractivity contribution is 7.80. The second-order valence-corrected chi connectivity index (χ2v) is 13.1. The van der Waals surface area contributed by atoms with E-state index in [9.17, 15) is 30.0 Å². The van der Waals surface area contributed by atoms with Crippen LogP contribution in [0.4, 0.5) is 0 Å². The molecule has 0 aromatic carbocycles.